The molecule has 1 atom stereocenters. The summed E-state index contributed by atoms with van der Waals surface area (Å²) in [5.41, 5.74) is 5.49. The Kier molecular flexibility index (Phi) is 6.64. The van der Waals surface area contributed by atoms with Gasteiger partial charge in [-0.25, -0.2) is 0 Å². The highest BCUT2D eigenvalue weighted by Gasteiger charge is 2.15. The lowest BCUT2D eigenvalue weighted by Crippen LogP contribution is -3.08. The minimum absolute atomic E-state index is 0.00360. The molecular weight excluding hydrogens is 328 g/mol. The lowest BCUT2D eigenvalue weighted by molar-refractivity contribution is -0.885. The molecule has 5 nitrogen and oxygen atoms in total. The van der Waals surface area contributed by atoms with Gasteiger partial charge in [0, 0.05) is 11.3 Å². The number of aryl methyl sites for hydroxylation is 3. The molecular formula is C21H29N2O3+. The maximum absolute atomic E-state index is 12.3. The summed E-state index contributed by atoms with van der Waals surface area (Å²) in [5.74, 6) is 1.43. The fourth-order valence-corrected chi connectivity index (χ4v) is 2.90. The lowest BCUT2D eigenvalue weighted by atomic mass is 10.1. The predicted molar refractivity (Wildman–Crippen MR) is 104 cm³/mol. The molecule has 2 aromatic carbocycles. The normalized spacial score (nSPS) is 11.8. The minimum Gasteiger partial charge on any atom is -0.493 e. The number of methoxy groups -OCH3 is 2. The minimum atomic E-state index is 0.00360. The van der Waals surface area contributed by atoms with Crippen molar-refractivity contribution in [2.24, 2.45) is 0 Å². The Morgan fingerprint density at radius 3 is 2.23 bits per heavy atom. The lowest BCUT2D eigenvalue weighted by Gasteiger charge is -2.17. The van der Waals surface area contributed by atoms with E-state index in [1.807, 2.05) is 51.2 Å². The summed E-state index contributed by atoms with van der Waals surface area (Å²) in [7, 11) is 5.27. The number of ether oxygens (including phenoxy) is 2. The highest BCUT2D eigenvalue weighted by atomic mass is 16.5. The summed E-state index contributed by atoms with van der Waals surface area (Å²) >= 11 is 0. The van der Waals surface area contributed by atoms with Gasteiger partial charge < -0.3 is 19.7 Å². The molecule has 0 bridgehead atoms. The number of hydrogen-bond acceptors (Lipinski definition) is 3. The summed E-state index contributed by atoms with van der Waals surface area (Å²) in [4.78, 5) is 13.4. The van der Waals surface area contributed by atoms with Gasteiger partial charge in [0.15, 0.2) is 18.0 Å². The van der Waals surface area contributed by atoms with Crippen LogP contribution in [0, 0.1) is 20.8 Å². The van der Waals surface area contributed by atoms with Crippen LogP contribution in [0.4, 0.5) is 5.69 Å². The average molecular weight is 357 g/mol. The first-order valence-electron chi connectivity index (χ1n) is 8.74. The van der Waals surface area contributed by atoms with E-state index in [1.54, 1.807) is 14.2 Å². The fraction of sp³-hybridized carbons (Fsp3) is 0.381. The van der Waals surface area contributed by atoms with Crippen LogP contribution in [0.5, 0.6) is 11.5 Å². The summed E-state index contributed by atoms with van der Waals surface area (Å²) in [6, 6.07) is 9.92. The van der Waals surface area contributed by atoms with Gasteiger partial charge in [0.05, 0.1) is 21.3 Å². The maximum atomic E-state index is 12.3. The molecule has 2 rings (SSSR count). The van der Waals surface area contributed by atoms with E-state index in [2.05, 4.69) is 12.2 Å². The van der Waals surface area contributed by atoms with Crippen LogP contribution in [0.2, 0.25) is 0 Å². The van der Waals surface area contributed by atoms with Crippen molar-refractivity contribution in [3.8, 4) is 11.5 Å². The Hall–Kier alpha value is -2.53. The molecule has 26 heavy (non-hydrogen) atoms. The van der Waals surface area contributed by atoms with Gasteiger partial charge in [0.2, 0.25) is 0 Å². The molecule has 140 valence electrons. The molecule has 0 aliphatic rings. The Bertz CT molecular complexity index is 787. The summed E-state index contributed by atoms with van der Waals surface area (Å²) < 4.78 is 10.7. The molecule has 0 saturated heterocycles. The molecule has 1 unspecified atom stereocenters. The van der Waals surface area contributed by atoms with Gasteiger partial charge in [-0.3, -0.25) is 4.79 Å². The molecule has 0 radical (unpaired) electrons. The predicted octanol–water partition coefficient (Wildman–Crippen LogP) is 2.28. The van der Waals surface area contributed by atoms with Crippen molar-refractivity contribution in [1.82, 2.24) is 0 Å². The van der Waals surface area contributed by atoms with Crippen molar-refractivity contribution in [2.45, 2.75) is 27.3 Å². The molecule has 0 saturated carbocycles. The second kappa shape index (κ2) is 8.72. The van der Waals surface area contributed by atoms with Gasteiger partial charge in [-0.05, 0) is 61.7 Å². The van der Waals surface area contributed by atoms with Crippen LogP contribution >= 0.6 is 0 Å². The van der Waals surface area contributed by atoms with E-state index >= 15 is 0 Å². The molecule has 0 spiro atoms. The number of nitrogens with one attached hydrogen (secondary N) is 2. The number of hydrogen-bond donors (Lipinski definition) is 2. The van der Waals surface area contributed by atoms with Crippen LogP contribution in [0.3, 0.4) is 0 Å². The topological polar surface area (TPSA) is 52.0 Å². The molecule has 2 N–H and O–H groups in total. The second-order valence-electron chi connectivity index (χ2n) is 6.79. The molecule has 1 amide bonds. The van der Waals surface area contributed by atoms with Crippen molar-refractivity contribution in [1.29, 1.82) is 0 Å². The van der Waals surface area contributed by atoms with Gasteiger partial charge in [-0.15, -0.1) is 0 Å². The zero-order valence-corrected chi connectivity index (χ0v) is 16.5. The summed E-state index contributed by atoms with van der Waals surface area (Å²) in [6.07, 6.45) is 0. The largest absolute Gasteiger partial charge is 0.493 e. The van der Waals surface area contributed by atoms with Gasteiger partial charge in [0.25, 0.3) is 5.91 Å². The number of anilines is 1. The molecule has 0 fully saturated rings. The van der Waals surface area contributed by atoms with E-state index in [4.69, 9.17) is 9.47 Å². The van der Waals surface area contributed by atoms with Gasteiger partial charge >= 0.3 is 0 Å². The van der Waals surface area contributed by atoms with Crippen molar-refractivity contribution >= 4 is 11.6 Å². The van der Waals surface area contributed by atoms with E-state index in [1.165, 1.54) is 11.1 Å². The summed E-state index contributed by atoms with van der Waals surface area (Å²) in [6.45, 7) is 7.26. The first-order valence-corrected chi connectivity index (χ1v) is 8.74. The van der Waals surface area contributed by atoms with E-state index in [0.717, 1.165) is 34.0 Å². The number of likely N-dealkylation sites (N-methyl/N-ethyl adjacent to an activating group) is 1. The molecule has 0 aliphatic heterocycles. The molecule has 2 aromatic rings. The first-order chi connectivity index (χ1) is 12.3. The van der Waals surface area contributed by atoms with Crippen molar-refractivity contribution in [2.75, 3.05) is 33.1 Å². The van der Waals surface area contributed by atoms with E-state index < -0.39 is 0 Å². The third-order valence-corrected chi connectivity index (χ3v) is 4.59. The average Bonchev–Trinajstić information content (AvgIpc) is 2.59. The third-order valence-electron chi connectivity index (χ3n) is 4.59. The third kappa shape index (κ3) is 4.99. The standard InChI is InChI=1S/C21H28N2O3/c1-14-7-8-18(9-15(14)2)22-21(24)13-23(4)12-17-11-20(26-6)19(25-5)10-16(17)3/h7-11H,12-13H2,1-6H3,(H,22,24)/p+1. The number of rotatable bonds is 7. The number of carbonyl (C=O) groups is 1. The number of benzene rings is 2. The van der Waals surface area contributed by atoms with E-state index in [9.17, 15) is 4.79 Å². The quantitative estimate of drug-likeness (QED) is 0.799. The maximum Gasteiger partial charge on any atom is 0.279 e. The fourth-order valence-electron chi connectivity index (χ4n) is 2.90. The second-order valence-corrected chi connectivity index (χ2v) is 6.79. The number of carbonyl (C=O) groups excluding carboxylic acids is 1. The van der Waals surface area contributed by atoms with Gasteiger partial charge in [-0.2, -0.15) is 0 Å². The summed E-state index contributed by atoms with van der Waals surface area (Å²) in [5, 5.41) is 2.98. The monoisotopic (exact) mass is 357 g/mol. The molecule has 5 heteroatoms. The Labute approximate surface area is 155 Å². The Balaban J connectivity index is 2.00. The Morgan fingerprint density at radius 1 is 0.962 bits per heavy atom. The van der Waals surface area contributed by atoms with E-state index in [-0.39, 0.29) is 5.91 Å². The van der Waals surface area contributed by atoms with Gasteiger partial charge in [-0.1, -0.05) is 6.07 Å². The van der Waals surface area contributed by atoms with Gasteiger partial charge in [0.1, 0.15) is 6.54 Å². The van der Waals surface area contributed by atoms with Crippen LogP contribution < -0.4 is 19.7 Å². The number of amides is 1. The highest BCUT2D eigenvalue weighted by Crippen LogP contribution is 2.29. The number of quaternary nitrogens is 1. The highest BCUT2D eigenvalue weighted by molar-refractivity contribution is 5.91. The van der Waals surface area contributed by atoms with Crippen LogP contribution in [-0.2, 0) is 11.3 Å². The molecule has 0 aliphatic carbocycles. The molecule has 0 aromatic heterocycles. The van der Waals surface area contributed by atoms with Crippen molar-refractivity contribution in [3.63, 3.8) is 0 Å². The van der Waals surface area contributed by atoms with E-state index in [0.29, 0.717) is 12.3 Å². The van der Waals surface area contributed by atoms with Crippen molar-refractivity contribution < 1.29 is 19.2 Å². The van der Waals surface area contributed by atoms with Crippen LogP contribution in [-0.4, -0.2) is 33.7 Å². The van der Waals surface area contributed by atoms with Crippen molar-refractivity contribution in [3.05, 3.63) is 52.6 Å². The smallest absolute Gasteiger partial charge is 0.279 e. The zero-order valence-electron chi connectivity index (χ0n) is 16.5. The Morgan fingerprint density at radius 2 is 1.62 bits per heavy atom. The zero-order chi connectivity index (χ0) is 19.3. The van der Waals surface area contributed by atoms with Crippen LogP contribution in [0.15, 0.2) is 30.3 Å². The van der Waals surface area contributed by atoms with Crippen LogP contribution in [0.1, 0.15) is 22.3 Å². The molecule has 0 heterocycles. The SMILES string of the molecule is COc1cc(C)c(C[NH+](C)CC(=O)Nc2ccc(C)c(C)c2)cc1OC. The van der Waals surface area contributed by atoms with Crippen LogP contribution in [0.25, 0.3) is 0 Å². The first kappa shape index (κ1) is 19.8.